The quantitative estimate of drug-likeness (QED) is 0.714. The first kappa shape index (κ1) is 19.8. The fraction of sp³-hybridized carbons (Fsp3) is 0.250. The maximum Gasteiger partial charge on any atom is 0.263 e. The molecule has 0 radical (unpaired) electrons. The number of carbonyl (C=O) groups excluding carboxylic acids is 3. The van der Waals surface area contributed by atoms with Crippen LogP contribution in [0.15, 0.2) is 58.9 Å². The Balaban J connectivity index is 1.47. The Morgan fingerprint density at radius 1 is 1.13 bits per heavy atom. The van der Waals surface area contributed by atoms with Gasteiger partial charge in [-0.05, 0) is 43.3 Å². The van der Waals surface area contributed by atoms with Gasteiger partial charge < -0.3 is 10.1 Å². The van der Waals surface area contributed by atoms with Crippen LogP contribution in [0.2, 0.25) is 5.02 Å². The number of nitrogens with zero attached hydrogens (tertiary/aromatic N) is 4. The monoisotopic (exact) mass is 427 g/mol. The number of carbonyl (C=O) groups is 3. The largest absolute Gasteiger partial charge is 0.494 e. The van der Waals surface area contributed by atoms with Crippen molar-refractivity contribution >= 4 is 40.7 Å². The van der Waals surface area contributed by atoms with Crippen molar-refractivity contribution in [2.45, 2.75) is 19.0 Å². The van der Waals surface area contributed by atoms with Gasteiger partial charge in [-0.1, -0.05) is 29.0 Å². The molecule has 10 heteroatoms. The number of imide groups is 1. The number of nitrogens with one attached hydrogen (secondary N) is 1. The first-order chi connectivity index (χ1) is 14.5. The van der Waals surface area contributed by atoms with Crippen LogP contribution in [0.1, 0.15) is 6.92 Å². The lowest BCUT2D eigenvalue weighted by Crippen LogP contribution is -2.43. The molecule has 3 amide bonds. The Hall–Kier alpha value is -3.46. The number of amides is 3. The van der Waals surface area contributed by atoms with E-state index in [9.17, 15) is 14.4 Å². The Bertz CT molecular complexity index is 1030. The molecule has 30 heavy (non-hydrogen) atoms. The fourth-order valence-corrected chi connectivity index (χ4v) is 3.55. The van der Waals surface area contributed by atoms with Crippen LogP contribution < -0.4 is 15.0 Å². The maximum absolute atomic E-state index is 13.0. The zero-order valence-corrected chi connectivity index (χ0v) is 16.7. The normalized spacial score (nSPS) is 19.9. The van der Waals surface area contributed by atoms with Gasteiger partial charge in [0.2, 0.25) is 5.91 Å². The van der Waals surface area contributed by atoms with Crippen LogP contribution in [-0.2, 0) is 14.4 Å². The lowest BCUT2D eigenvalue weighted by atomic mass is 10.1. The minimum Gasteiger partial charge on any atom is -0.494 e. The van der Waals surface area contributed by atoms with Crippen molar-refractivity contribution in [3.05, 3.63) is 53.6 Å². The van der Waals surface area contributed by atoms with Crippen LogP contribution in [0.5, 0.6) is 5.75 Å². The Morgan fingerprint density at radius 2 is 1.87 bits per heavy atom. The third-order valence-corrected chi connectivity index (χ3v) is 5.05. The van der Waals surface area contributed by atoms with Gasteiger partial charge in [-0.2, -0.15) is 5.11 Å². The van der Waals surface area contributed by atoms with Gasteiger partial charge >= 0.3 is 0 Å². The zero-order valence-electron chi connectivity index (χ0n) is 16.0. The van der Waals surface area contributed by atoms with E-state index in [2.05, 4.69) is 15.7 Å². The molecule has 2 heterocycles. The van der Waals surface area contributed by atoms with Crippen LogP contribution >= 0.6 is 11.6 Å². The summed E-state index contributed by atoms with van der Waals surface area (Å²) < 4.78 is 5.39. The van der Waals surface area contributed by atoms with Crippen molar-refractivity contribution in [1.29, 1.82) is 0 Å². The summed E-state index contributed by atoms with van der Waals surface area (Å²) in [4.78, 5) is 39.2. The zero-order chi connectivity index (χ0) is 21.3. The van der Waals surface area contributed by atoms with Gasteiger partial charge in [0.1, 0.15) is 12.3 Å². The van der Waals surface area contributed by atoms with E-state index in [1.807, 2.05) is 6.92 Å². The van der Waals surface area contributed by atoms with Gasteiger partial charge in [-0.25, -0.2) is 4.90 Å². The smallest absolute Gasteiger partial charge is 0.263 e. The highest BCUT2D eigenvalue weighted by molar-refractivity contribution is 6.33. The van der Waals surface area contributed by atoms with E-state index >= 15 is 0 Å². The number of hydrogen-bond donors (Lipinski definition) is 1. The summed E-state index contributed by atoms with van der Waals surface area (Å²) in [6.07, 6.45) is 0. The summed E-state index contributed by atoms with van der Waals surface area (Å²) >= 11 is 6.05. The number of para-hydroxylation sites is 1. The SMILES string of the molecule is CCOc1ccc(N2C(=O)[C@@H]3N=NN(CC(=O)Nc4ccccc4Cl)[C@H]3C2=O)cc1. The molecule has 2 aliphatic rings. The van der Waals surface area contributed by atoms with E-state index in [0.717, 1.165) is 4.90 Å². The highest BCUT2D eigenvalue weighted by Gasteiger charge is 2.55. The number of hydrogen-bond acceptors (Lipinski definition) is 7. The predicted molar refractivity (Wildman–Crippen MR) is 109 cm³/mol. The number of halogens is 1. The standard InChI is InChI=1S/C20H18ClN5O4/c1-2-30-13-9-7-12(8-10-13)26-19(28)17-18(20(26)29)25(24-23-17)11-16(27)22-15-6-4-3-5-14(15)21/h3-10,17-18H,2,11H2,1H3,(H,22,27)/t17-,18-/m1/s1. The van der Waals surface area contributed by atoms with Crippen molar-refractivity contribution in [3.8, 4) is 5.75 Å². The summed E-state index contributed by atoms with van der Waals surface area (Å²) in [6, 6.07) is 11.5. The molecule has 0 aliphatic carbocycles. The summed E-state index contributed by atoms with van der Waals surface area (Å²) in [5.74, 6) is -0.753. The molecular formula is C20H18ClN5O4. The molecule has 0 spiro atoms. The molecule has 2 aromatic rings. The van der Waals surface area contributed by atoms with Crippen molar-refractivity contribution < 1.29 is 19.1 Å². The second kappa shape index (κ2) is 8.11. The van der Waals surface area contributed by atoms with Gasteiger partial charge in [0.15, 0.2) is 12.1 Å². The molecule has 0 unspecified atom stereocenters. The van der Waals surface area contributed by atoms with Gasteiger partial charge in [0.25, 0.3) is 11.8 Å². The van der Waals surface area contributed by atoms with E-state index in [0.29, 0.717) is 28.8 Å². The minimum absolute atomic E-state index is 0.244. The highest BCUT2D eigenvalue weighted by Crippen LogP contribution is 2.32. The number of fused-ring (bicyclic) bond motifs is 1. The lowest BCUT2D eigenvalue weighted by molar-refractivity contribution is -0.123. The summed E-state index contributed by atoms with van der Waals surface area (Å²) in [5.41, 5.74) is 0.861. The van der Waals surface area contributed by atoms with Crippen LogP contribution in [0.25, 0.3) is 0 Å². The van der Waals surface area contributed by atoms with E-state index in [4.69, 9.17) is 16.3 Å². The summed E-state index contributed by atoms with van der Waals surface area (Å²) in [6.45, 7) is 2.13. The molecule has 2 aromatic carbocycles. The fourth-order valence-electron chi connectivity index (χ4n) is 3.37. The van der Waals surface area contributed by atoms with E-state index in [1.54, 1.807) is 48.5 Å². The molecule has 1 fully saturated rings. The lowest BCUT2D eigenvalue weighted by Gasteiger charge is -2.20. The molecule has 2 atom stereocenters. The number of anilines is 2. The average molecular weight is 428 g/mol. The molecule has 0 saturated carbocycles. The van der Waals surface area contributed by atoms with Crippen molar-refractivity contribution in [3.63, 3.8) is 0 Å². The van der Waals surface area contributed by atoms with Crippen molar-refractivity contribution in [2.75, 3.05) is 23.4 Å². The van der Waals surface area contributed by atoms with Crippen LogP contribution in [0, 0.1) is 0 Å². The van der Waals surface area contributed by atoms with Gasteiger partial charge in [-0.15, -0.1) is 0 Å². The van der Waals surface area contributed by atoms with Crippen LogP contribution in [-0.4, -0.2) is 48.0 Å². The Labute approximate surface area is 177 Å². The number of rotatable bonds is 6. The van der Waals surface area contributed by atoms with E-state index in [1.165, 1.54) is 5.01 Å². The predicted octanol–water partition coefficient (Wildman–Crippen LogP) is 2.67. The highest BCUT2D eigenvalue weighted by atomic mass is 35.5. The van der Waals surface area contributed by atoms with Crippen LogP contribution in [0.4, 0.5) is 11.4 Å². The van der Waals surface area contributed by atoms with Gasteiger partial charge in [0.05, 0.1) is 23.0 Å². The molecule has 2 aliphatic heterocycles. The average Bonchev–Trinajstić information content (AvgIpc) is 3.24. The molecule has 0 bridgehead atoms. The number of ether oxygens (including phenoxy) is 1. The number of benzene rings is 2. The van der Waals surface area contributed by atoms with Gasteiger partial charge in [0, 0.05) is 0 Å². The first-order valence-electron chi connectivity index (χ1n) is 9.32. The maximum atomic E-state index is 13.0. The second-order valence-electron chi connectivity index (χ2n) is 6.66. The van der Waals surface area contributed by atoms with E-state index in [-0.39, 0.29) is 6.54 Å². The molecule has 9 nitrogen and oxygen atoms in total. The Morgan fingerprint density at radius 3 is 2.57 bits per heavy atom. The van der Waals surface area contributed by atoms with E-state index < -0.39 is 29.8 Å². The molecular weight excluding hydrogens is 410 g/mol. The molecule has 0 aromatic heterocycles. The minimum atomic E-state index is -0.975. The summed E-state index contributed by atoms with van der Waals surface area (Å²) in [5, 5.41) is 12.1. The second-order valence-corrected chi connectivity index (χ2v) is 7.07. The van der Waals surface area contributed by atoms with Crippen molar-refractivity contribution in [1.82, 2.24) is 5.01 Å². The molecule has 4 rings (SSSR count). The third-order valence-electron chi connectivity index (χ3n) is 4.72. The Kier molecular flexibility index (Phi) is 5.37. The molecule has 1 N–H and O–H groups in total. The first-order valence-corrected chi connectivity index (χ1v) is 9.70. The molecule has 1 saturated heterocycles. The third kappa shape index (κ3) is 3.59. The van der Waals surface area contributed by atoms with Gasteiger partial charge in [-0.3, -0.25) is 19.4 Å². The summed E-state index contributed by atoms with van der Waals surface area (Å²) in [7, 11) is 0. The van der Waals surface area contributed by atoms with Crippen molar-refractivity contribution in [2.24, 2.45) is 10.3 Å². The topological polar surface area (TPSA) is 104 Å². The van der Waals surface area contributed by atoms with Crippen LogP contribution in [0.3, 0.4) is 0 Å². The molecule has 154 valence electrons.